The third-order valence-corrected chi connectivity index (χ3v) is 4.23. The zero-order valence-corrected chi connectivity index (χ0v) is 11.7. The molecular weight excluding hydrogens is 255 g/mol. The molecule has 0 saturated carbocycles. The fourth-order valence-corrected chi connectivity index (χ4v) is 2.98. The minimum absolute atomic E-state index is 0.0306. The molecule has 0 radical (unpaired) electrons. The van der Waals surface area contributed by atoms with Gasteiger partial charge in [0.25, 0.3) is 0 Å². The van der Waals surface area contributed by atoms with Gasteiger partial charge in [-0.05, 0) is 31.9 Å². The topological polar surface area (TPSA) is 23.6 Å². The highest BCUT2D eigenvalue weighted by Crippen LogP contribution is 2.27. The Labute approximate surface area is 118 Å². The van der Waals surface area contributed by atoms with Gasteiger partial charge in [0, 0.05) is 19.6 Å². The van der Waals surface area contributed by atoms with Gasteiger partial charge >= 0.3 is 0 Å². The molecule has 1 fully saturated rings. The molecule has 3 nitrogen and oxygen atoms in total. The van der Waals surface area contributed by atoms with Gasteiger partial charge in [-0.25, -0.2) is 4.39 Å². The summed E-state index contributed by atoms with van der Waals surface area (Å²) in [5.41, 5.74) is 1.79. The van der Waals surface area contributed by atoms with Gasteiger partial charge in [0.1, 0.15) is 5.82 Å². The van der Waals surface area contributed by atoms with Crippen molar-refractivity contribution in [3.05, 3.63) is 41.7 Å². The van der Waals surface area contributed by atoms with Crippen LogP contribution in [0, 0.1) is 5.82 Å². The van der Waals surface area contributed by atoms with E-state index in [9.17, 15) is 9.18 Å². The molecular formula is C16H19FN2O. The second-order valence-corrected chi connectivity index (χ2v) is 5.54. The summed E-state index contributed by atoms with van der Waals surface area (Å²) in [5, 5.41) is 0. The first-order chi connectivity index (χ1) is 9.66. The monoisotopic (exact) mass is 274 g/mol. The van der Waals surface area contributed by atoms with Crippen molar-refractivity contribution < 1.29 is 9.18 Å². The van der Waals surface area contributed by atoms with Crippen molar-refractivity contribution in [2.75, 3.05) is 24.5 Å². The van der Waals surface area contributed by atoms with Crippen LogP contribution in [0.15, 0.2) is 35.9 Å². The minimum Gasteiger partial charge on any atom is -0.308 e. The molecule has 1 saturated heterocycles. The second-order valence-electron chi connectivity index (χ2n) is 5.54. The molecule has 106 valence electrons. The highest BCUT2D eigenvalue weighted by molar-refractivity contribution is 5.99. The maximum Gasteiger partial charge on any atom is 0.244 e. The Balaban J connectivity index is 1.76. The summed E-state index contributed by atoms with van der Waals surface area (Å²) in [5.74, 6) is -0.293. The molecule has 0 spiro atoms. The fraction of sp³-hybridized carbons (Fsp3) is 0.438. The zero-order valence-electron chi connectivity index (χ0n) is 11.7. The number of hydrogen-bond donors (Lipinski definition) is 0. The SMILES string of the molecule is CC1=CCN([C@@H]2CCN(c3ccccc3F)C2=O)CC1. The van der Waals surface area contributed by atoms with Crippen LogP contribution in [0.5, 0.6) is 0 Å². The van der Waals surface area contributed by atoms with Crippen molar-refractivity contribution >= 4 is 11.6 Å². The molecule has 2 heterocycles. The Kier molecular flexibility index (Phi) is 3.57. The summed E-state index contributed by atoms with van der Waals surface area (Å²) in [6.07, 6.45) is 3.98. The molecule has 4 heteroatoms. The van der Waals surface area contributed by atoms with Crippen LogP contribution in [0.3, 0.4) is 0 Å². The molecule has 0 aromatic heterocycles. The molecule has 2 aliphatic heterocycles. The average Bonchev–Trinajstić information content (AvgIpc) is 2.82. The van der Waals surface area contributed by atoms with Crippen molar-refractivity contribution in [2.24, 2.45) is 0 Å². The summed E-state index contributed by atoms with van der Waals surface area (Å²) in [7, 11) is 0. The maximum absolute atomic E-state index is 13.8. The van der Waals surface area contributed by atoms with Crippen molar-refractivity contribution in [1.82, 2.24) is 4.90 Å². The van der Waals surface area contributed by atoms with E-state index in [2.05, 4.69) is 17.9 Å². The largest absolute Gasteiger partial charge is 0.308 e. The van der Waals surface area contributed by atoms with Crippen LogP contribution in [0.4, 0.5) is 10.1 Å². The van der Waals surface area contributed by atoms with Crippen molar-refractivity contribution in [3.8, 4) is 0 Å². The van der Waals surface area contributed by atoms with Gasteiger partial charge in [-0.1, -0.05) is 23.8 Å². The number of rotatable bonds is 2. The van der Waals surface area contributed by atoms with Crippen LogP contribution < -0.4 is 4.90 Å². The van der Waals surface area contributed by atoms with Gasteiger partial charge in [-0.15, -0.1) is 0 Å². The Morgan fingerprint density at radius 3 is 2.75 bits per heavy atom. The smallest absolute Gasteiger partial charge is 0.244 e. The van der Waals surface area contributed by atoms with E-state index in [1.165, 1.54) is 11.6 Å². The van der Waals surface area contributed by atoms with E-state index in [0.717, 1.165) is 25.9 Å². The van der Waals surface area contributed by atoms with Crippen LogP contribution in [0.1, 0.15) is 19.8 Å². The summed E-state index contributed by atoms with van der Waals surface area (Å²) in [6, 6.07) is 6.40. The number of hydrogen-bond acceptors (Lipinski definition) is 2. The van der Waals surface area contributed by atoms with E-state index < -0.39 is 0 Å². The zero-order chi connectivity index (χ0) is 14.1. The molecule has 0 N–H and O–H groups in total. The lowest BCUT2D eigenvalue weighted by Crippen LogP contribution is -2.44. The molecule has 0 bridgehead atoms. The maximum atomic E-state index is 13.8. The number of halogens is 1. The van der Waals surface area contributed by atoms with Gasteiger partial charge < -0.3 is 4.90 Å². The summed E-state index contributed by atoms with van der Waals surface area (Å²) in [4.78, 5) is 16.3. The van der Waals surface area contributed by atoms with Crippen molar-refractivity contribution in [1.29, 1.82) is 0 Å². The normalized spacial score (nSPS) is 24.1. The Bertz CT molecular complexity index is 555. The molecule has 0 unspecified atom stereocenters. The second kappa shape index (κ2) is 5.37. The number of carbonyl (C=O) groups is 1. The Morgan fingerprint density at radius 1 is 1.25 bits per heavy atom. The van der Waals surface area contributed by atoms with Crippen LogP contribution in [0.2, 0.25) is 0 Å². The third kappa shape index (κ3) is 2.36. The lowest BCUT2D eigenvalue weighted by Gasteiger charge is -2.30. The first kappa shape index (κ1) is 13.3. The van der Waals surface area contributed by atoms with Gasteiger partial charge in [-0.2, -0.15) is 0 Å². The number of carbonyl (C=O) groups excluding carboxylic acids is 1. The molecule has 20 heavy (non-hydrogen) atoms. The molecule has 1 aromatic rings. The Morgan fingerprint density at radius 2 is 2.05 bits per heavy atom. The highest BCUT2D eigenvalue weighted by atomic mass is 19.1. The van der Waals surface area contributed by atoms with Crippen LogP contribution in [-0.4, -0.2) is 36.5 Å². The fourth-order valence-electron chi connectivity index (χ4n) is 2.98. The molecule has 1 amide bonds. The number of nitrogens with zero attached hydrogens (tertiary/aromatic N) is 2. The number of anilines is 1. The predicted octanol–water partition coefficient (Wildman–Crippen LogP) is 2.58. The average molecular weight is 274 g/mol. The van der Waals surface area contributed by atoms with Gasteiger partial charge in [0.15, 0.2) is 0 Å². The van der Waals surface area contributed by atoms with E-state index >= 15 is 0 Å². The van der Waals surface area contributed by atoms with Crippen molar-refractivity contribution in [3.63, 3.8) is 0 Å². The van der Waals surface area contributed by atoms with Gasteiger partial charge in [0.05, 0.1) is 11.7 Å². The highest BCUT2D eigenvalue weighted by Gasteiger charge is 2.37. The van der Waals surface area contributed by atoms with E-state index in [4.69, 9.17) is 0 Å². The summed E-state index contributed by atoms with van der Waals surface area (Å²) < 4.78 is 13.8. The van der Waals surface area contributed by atoms with E-state index in [1.807, 2.05) is 0 Å². The standard InChI is InChI=1S/C16H19FN2O/c1-12-6-9-18(10-7-12)15-8-11-19(16(15)20)14-5-3-2-4-13(14)17/h2-6,15H,7-11H2,1H3/t15-/m1/s1. The van der Waals surface area contributed by atoms with Crippen LogP contribution in [0.25, 0.3) is 0 Å². The molecule has 0 aliphatic carbocycles. The quantitative estimate of drug-likeness (QED) is 0.774. The third-order valence-electron chi connectivity index (χ3n) is 4.23. The lowest BCUT2D eigenvalue weighted by molar-refractivity contribution is -0.121. The number of benzene rings is 1. The van der Waals surface area contributed by atoms with Gasteiger partial charge in [-0.3, -0.25) is 9.69 Å². The van der Waals surface area contributed by atoms with Gasteiger partial charge in [0.2, 0.25) is 5.91 Å². The van der Waals surface area contributed by atoms with Crippen LogP contribution >= 0.6 is 0 Å². The molecule has 1 aromatic carbocycles. The van der Waals surface area contributed by atoms with Crippen LogP contribution in [-0.2, 0) is 4.79 Å². The summed E-state index contributed by atoms with van der Waals surface area (Å²) in [6.45, 7) is 4.47. The first-order valence-electron chi connectivity index (χ1n) is 7.12. The number of para-hydroxylation sites is 1. The van der Waals surface area contributed by atoms with E-state index in [0.29, 0.717) is 12.2 Å². The van der Waals surface area contributed by atoms with Crippen molar-refractivity contribution in [2.45, 2.75) is 25.8 Å². The van der Waals surface area contributed by atoms with E-state index in [-0.39, 0.29) is 17.8 Å². The minimum atomic E-state index is -0.323. The number of amides is 1. The summed E-state index contributed by atoms with van der Waals surface area (Å²) >= 11 is 0. The molecule has 2 aliphatic rings. The molecule has 1 atom stereocenters. The lowest BCUT2D eigenvalue weighted by atomic mass is 10.1. The predicted molar refractivity (Wildman–Crippen MR) is 77.1 cm³/mol. The van der Waals surface area contributed by atoms with E-state index in [1.54, 1.807) is 23.1 Å². The first-order valence-corrected chi connectivity index (χ1v) is 7.12. The molecule has 3 rings (SSSR count). The Hall–Kier alpha value is -1.68.